The van der Waals surface area contributed by atoms with E-state index in [-0.39, 0.29) is 17.4 Å². The molecule has 15 rings (SSSR count). The molecule has 14 aromatic rings. The number of carbonyl (C=O) groups is 3. The number of aromatic carboxylic acids is 1. The van der Waals surface area contributed by atoms with E-state index in [9.17, 15) is 14.4 Å². The van der Waals surface area contributed by atoms with Gasteiger partial charge in [0, 0.05) is 119 Å². The number of aryl methyl sites for hydroxylation is 3. The van der Waals surface area contributed by atoms with E-state index in [2.05, 4.69) is 118 Å². The first-order chi connectivity index (χ1) is 47.0. The summed E-state index contributed by atoms with van der Waals surface area (Å²) in [5.74, 6) is 1.08. The lowest BCUT2D eigenvalue weighted by Crippen LogP contribution is -2.23. The molecule has 1 aliphatic carbocycles. The van der Waals surface area contributed by atoms with Crippen molar-refractivity contribution in [2.45, 2.75) is 59.5 Å². The molecule has 0 fully saturated rings. The second-order valence-electron chi connectivity index (χ2n) is 23.7. The molecule has 9 aromatic heterocycles. The number of carboxylic acids is 1. The fourth-order valence-corrected chi connectivity index (χ4v) is 11.1. The fourth-order valence-electron chi connectivity index (χ4n) is 11.1. The summed E-state index contributed by atoms with van der Waals surface area (Å²) >= 11 is 0. The van der Waals surface area contributed by atoms with Crippen LogP contribution in [0.5, 0.6) is 0 Å². The second-order valence-corrected chi connectivity index (χ2v) is 23.7. The van der Waals surface area contributed by atoms with Crippen LogP contribution in [-0.2, 0) is 38.8 Å². The minimum absolute atomic E-state index is 0.168. The van der Waals surface area contributed by atoms with Gasteiger partial charge in [-0.25, -0.2) is 4.79 Å². The van der Waals surface area contributed by atoms with E-state index in [1.165, 1.54) is 29.0 Å². The van der Waals surface area contributed by atoms with E-state index < -0.39 is 5.97 Å². The first-order valence-electron chi connectivity index (χ1n) is 31.1. The maximum atomic E-state index is 12.7. The molecule has 1 aliphatic rings. The summed E-state index contributed by atoms with van der Waals surface area (Å²) in [7, 11) is 0. The molecule has 22 nitrogen and oxygen atoms in total. The Morgan fingerprint density at radius 2 is 0.887 bits per heavy atom. The highest BCUT2D eigenvalue weighted by Gasteiger charge is 2.20. The minimum Gasteiger partial charge on any atom is -0.478 e. The van der Waals surface area contributed by atoms with Gasteiger partial charge in [0.15, 0.2) is 34.4 Å². The summed E-state index contributed by atoms with van der Waals surface area (Å²) in [5, 5.41) is 30.9. The number of anilines is 3. The highest BCUT2D eigenvalue weighted by atomic mass is 16.5. The first kappa shape index (κ1) is 64.5. The van der Waals surface area contributed by atoms with E-state index in [1.807, 2.05) is 110 Å². The molecule has 0 aliphatic heterocycles. The molecule has 0 saturated carbocycles. The number of nitrogens with zero attached hydrogens (tertiary/aromatic N) is 9. The molecule has 2 amide bonds. The van der Waals surface area contributed by atoms with Gasteiger partial charge in [0.25, 0.3) is 11.8 Å². The van der Waals surface area contributed by atoms with Crippen molar-refractivity contribution in [2.75, 3.05) is 23.7 Å². The van der Waals surface area contributed by atoms with Gasteiger partial charge in [0.05, 0.1) is 32.9 Å². The lowest BCUT2D eigenvalue weighted by atomic mass is 9.94. The fraction of sp³-hybridized carbons (Fsp3) is 0.147. The number of aromatic nitrogens is 9. The lowest BCUT2D eigenvalue weighted by Gasteiger charge is -2.12. The molecule has 0 radical (unpaired) electrons. The summed E-state index contributed by atoms with van der Waals surface area (Å²) in [4.78, 5) is 63.0. The largest absolute Gasteiger partial charge is 0.478 e. The maximum Gasteiger partial charge on any atom is 0.335 e. The summed E-state index contributed by atoms with van der Waals surface area (Å²) in [6.45, 7) is 7.54. The van der Waals surface area contributed by atoms with Gasteiger partial charge in [-0.05, 0) is 189 Å². The predicted octanol–water partition coefficient (Wildman–Crippen LogP) is 12.0. The van der Waals surface area contributed by atoms with E-state index in [1.54, 1.807) is 30.6 Å². The molecule has 22 heteroatoms. The number of amides is 2. The summed E-state index contributed by atoms with van der Waals surface area (Å²) < 4.78 is 15.3. The van der Waals surface area contributed by atoms with Gasteiger partial charge in [-0.15, -0.1) is 0 Å². The zero-order chi connectivity index (χ0) is 67.5. The van der Waals surface area contributed by atoms with Gasteiger partial charge in [-0.3, -0.25) is 39.5 Å². The average molecular weight is 1290 g/mol. The number of hydrogen-bond acceptors (Lipinski definition) is 19. The molecule has 1 atom stereocenters. The summed E-state index contributed by atoms with van der Waals surface area (Å²) in [6, 6.07) is 46.1. The standard InChI is InChI=1S/2C25H21N5O2.C17H14N2O2.C8H11N3O/c2*1-15-2-5-22-19(8-15)9-17(14-28-22)10-20-12-18(6-7-27-20)25(31)29-13-16-3-4-21-23(11-16)32-30-24(21)26;1-11-2-3-16-14(6-11)7-12(10-19-16)8-15-9-13(17(20)21)4-5-18-15;9-4-5-1-2-7-6(3-5)8(10)11-12-7/h2*2-9,11-12,14H,10,13H2,1H3,(H2,26,30)(H,29,31);2-7,9-10H,8H2,1H3,(H,20,21);1-2,5H,3-4,9H2,(H2,10,11). The Morgan fingerprint density at radius 1 is 0.474 bits per heavy atom. The Balaban J connectivity index is 0.000000130. The Morgan fingerprint density at radius 3 is 1.31 bits per heavy atom. The van der Waals surface area contributed by atoms with E-state index >= 15 is 0 Å². The second kappa shape index (κ2) is 29.2. The summed E-state index contributed by atoms with van der Waals surface area (Å²) in [6.07, 6.45) is 16.9. The van der Waals surface area contributed by atoms with Crippen LogP contribution in [0.25, 0.3) is 60.7 Å². The van der Waals surface area contributed by atoms with Crippen LogP contribution >= 0.6 is 0 Å². The van der Waals surface area contributed by atoms with Crippen molar-refractivity contribution in [2.24, 2.45) is 11.7 Å². The number of nitrogens with one attached hydrogen (secondary N) is 2. The molecule has 0 bridgehead atoms. The molecular weight excluding hydrogens is 1220 g/mol. The number of fused-ring (bicyclic) bond motifs is 6. The molecular formula is C75H67N15O7. The number of hydrogen-bond donors (Lipinski definition) is 7. The van der Waals surface area contributed by atoms with Crippen LogP contribution < -0.4 is 33.6 Å². The SMILES string of the molecule is Cc1ccc2ncc(Cc3cc(C(=O)NCc4ccc5c(N)noc5c4)ccn3)cc2c1.Cc1ccc2ncc(Cc3cc(C(=O)NCc4ccc5c(N)noc5c4)ccn3)cc2c1.Cc1ccc2ncc(Cc3cc(C(=O)O)ccn3)cc2c1.NCC1C=Cc2onc(N)c2C1. The van der Waals surface area contributed by atoms with Crippen LogP contribution in [0.1, 0.15) is 104 Å². The molecule has 0 saturated heterocycles. The van der Waals surface area contributed by atoms with Gasteiger partial charge in [-0.2, -0.15) is 0 Å². The van der Waals surface area contributed by atoms with Crippen LogP contribution in [0.2, 0.25) is 0 Å². The van der Waals surface area contributed by atoms with Crippen LogP contribution in [0, 0.1) is 26.7 Å². The van der Waals surface area contributed by atoms with E-state index in [0.29, 0.717) is 84.6 Å². The lowest BCUT2D eigenvalue weighted by molar-refractivity contribution is 0.0696. The van der Waals surface area contributed by atoms with Crippen molar-refractivity contribution in [3.05, 3.63) is 278 Å². The average Bonchev–Trinajstić information content (AvgIpc) is 1.68. The molecule has 11 N–H and O–H groups in total. The Labute approximate surface area is 555 Å². The van der Waals surface area contributed by atoms with Crippen LogP contribution in [0.4, 0.5) is 17.5 Å². The summed E-state index contributed by atoms with van der Waals surface area (Å²) in [5.41, 5.74) is 39.9. The Hall–Kier alpha value is -12.6. The van der Waals surface area contributed by atoms with Gasteiger partial charge in [0.1, 0.15) is 0 Å². The number of nitrogens with two attached hydrogens (primary N) is 4. The highest BCUT2D eigenvalue weighted by molar-refractivity contribution is 5.95. The molecule has 9 heterocycles. The third-order valence-corrected chi connectivity index (χ3v) is 16.2. The van der Waals surface area contributed by atoms with E-state index in [4.69, 9.17) is 41.6 Å². The normalized spacial score (nSPS) is 12.3. The molecule has 5 aromatic carbocycles. The molecule has 484 valence electrons. The third kappa shape index (κ3) is 16.1. The van der Waals surface area contributed by atoms with Crippen molar-refractivity contribution in [3.8, 4) is 0 Å². The van der Waals surface area contributed by atoms with Crippen molar-refractivity contribution < 1.29 is 33.1 Å². The van der Waals surface area contributed by atoms with Gasteiger partial charge in [-0.1, -0.05) is 68.6 Å². The topological polar surface area (TPSA) is 355 Å². The van der Waals surface area contributed by atoms with Crippen molar-refractivity contribution in [1.29, 1.82) is 0 Å². The molecule has 0 spiro atoms. The zero-order valence-electron chi connectivity index (χ0n) is 53.2. The maximum absolute atomic E-state index is 12.7. The van der Waals surface area contributed by atoms with Gasteiger partial charge >= 0.3 is 5.97 Å². The van der Waals surface area contributed by atoms with E-state index in [0.717, 1.165) is 106 Å². The zero-order valence-corrected chi connectivity index (χ0v) is 53.2. The first-order valence-corrected chi connectivity index (χ1v) is 31.1. The number of benzene rings is 5. The smallest absolute Gasteiger partial charge is 0.335 e. The predicted molar refractivity (Wildman–Crippen MR) is 373 cm³/mol. The third-order valence-electron chi connectivity index (χ3n) is 16.2. The number of carbonyl (C=O) groups excluding carboxylic acids is 2. The minimum atomic E-state index is -0.939. The number of nitrogen functional groups attached to an aromatic ring is 3. The molecule has 1 unspecified atom stereocenters. The number of rotatable bonds is 14. The Kier molecular flexibility index (Phi) is 19.4. The number of pyridine rings is 6. The van der Waals surface area contributed by atoms with Crippen molar-refractivity contribution >= 4 is 96.0 Å². The van der Waals surface area contributed by atoms with Crippen LogP contribution in [0.3, 0.4) is 0 Å². The highest BCUT2D eigenvalue weighted by Crippen LogP contribution is 2.28. The van der Waals surface area contributed by atoms with Crippen molar-refractivity contribution in [3.63, 3.8) is 0 Å². The van der Waals surface area contributed by atoms with Gasteiger partial charge in [0.2, 0.25) is 0 Å². The van der Waals surface area contributed by atoms with Crippen LogP contribution in [-0.4, -0.2) is 74.8 Å². The van der Waals surface area contributed by atoms with Crippen LogP contribution in [0.15, 0.2) is 202 Å². The monoisotopic (exact) mass is 1290 g/mol. The quantitative estimate of drug-likeness (QED) is 0.0532. The Bertz CT molecular complexity index is 5050. The van der Waals surface area contributed by atoms with Crippen molar-refractivity contribution in [1.82, 2.24) is 56.0 Å². The van der Waals surface area contributed by atoms with Gasteiger partial charge < -0.3 is 52.2 Å². The number of carboxylic acid groups (broad SMARTS) is 1. The molecule has 97 heavy (non-hydrogen) atoms.